The van der Waals surface area contributed by atoms with Crippen molar-refractivity contribution in [3.8, 4) is 0 Å². The highest BCUT2D eigenvalue weighted by atomic mass is 79.9. The molecule has 0 saturated carbocycles. The van der Waals surface area contributed by atoms with E-state index in [0.717, 1.165) is 29.1 Å². The van der Waals surface area contributed by atoms with Crippen molar-refractivity contribution in [1.29, 1.82) is 0 Å². The van der Waals surface area contributed by atoms with Crippen molar-refractivity contribution in [3.05, 3.63) is 22.7 Å². The standard InChI is InChI=1S/C17H22BrN3S/c18-13-6-7-15-16(11-13)22-17(19-15)21-10-4-5-14(12-21)20-8-2-1-3-9-20/h6-7,11,14H,1-5,8-10,12H2/t14-/m0/s1. The van der Waals surface area contributed by atoms with E-state index >= 15 is 0 Å². The van der Waals surface area contributed by atoms with Gasteiger partial charge in [0.2, 0.25) is 0 Å². The molecule has 2 aliphatic heterocycles. The predicted molar refractivity (Wildman–Crippen MR) is 98.0 cm³/mol. The normalized spacial score (nSPS) is 24.0. The van der Waals surface area contributed by atoms with Gasteiger partial charge < -0.3 is 4.90 Å². The second kappa shape index (κ2) is 6.46. The van der Waals surface area contributed by atoms with E-state index in [4.69, 9.17) is 4.98 Å². The van der Waals surface area contributed by atoms with Crippen molar-refractivity contribution in [2.24, 2.45) is 0 Å². The van der Waals surface area contributed by atoms with Gasteiger partial charge in [-0.2, -0.15) is 0 Å². The average Bonchev–Trinajstić information content (AvgIpc) is 2.99. The van der Waals surface area contributed by atoms with Gasteiger partial charge in [-0.1, -0.05) is 33.7 Å². The maximum Gasteiger partial charge on any atom is 0.186 e. The topological polar surface area (TPSA) is 19.4 Å². The van der Waals surface area contributed by atoms with Crippen LogP contribution in [0.3, 0.4) is 0 Å². The number of halogens is 1. The van der Waals surface area contributed by atoms with Gasteiger partial charge in [0.1, 0.15) is 0 Å². The van der Waals surface area contributed by atoms with Crippen LogP contribution in [0, 0.1) is 0 Å². The Morgan fingerprint density at radius 3 is 2.82 bits per heavy atom. The Bertz CT molecular complexity index is 650. The molecule has 1 atom stereocenters. The number of aromatic nitrogens is 1. The van der Waals surface area contributed by atoms with Crippen LogP contribution in [0.4, 0.5) is 5.13 Å². The zero-order chi connectivity index (χ0) is 14.9. The molecule has 0 amide bonds. The minimum absolute atomic E-state index is 0.729. The highest BCUT2D eigenvalue weighted by Crippen LogP contribution is 2.33. The van der Waals surface area contributed by atoms with Gasteiger partial charge in [0.05, 0.1) is 10.2 Å². The van der Waals surface area contributed by atoms with E-state index in [1.807, 2.05) is 11.3 Å². The lowest BCUT2D eigenvalue weighted by atomic mass is 10.0. The van der Waals surface area contributed by atoms with Gasteiger partial charge in [0, 0.05) is 23.6 Å². The number of likely N-dealkylation sites (tertiary alicyclic amines) is 1. The molecule has 2 saturated heterocycles. The molecule has 4 rings (SSSR count). The summed E-state index contributed by atoms with van der Waals surface area (Å²) in [5.41, 5.74) is 1.13. The molecule has 2 aromatic rings. The molecular weight excluding hydrogens is 358 g/mol. The SMILES string of the molecule is Brc1ccc2nc(N3CCC[C@H](N4CCCCC4)C3)sc2c1. The Morgan fingerprint density at radius 1 is 1.09 bits per heavy atom. The van der Waals surface area contributed by atoms with E-state index in [0.29, 0.717) is 0 Å². The highest BCUT2D eigenvalue weighted by molar-refractivity contribution is 9.10. The molecule has 0 radical (unpaired) electrons. The van der Waals surface area contributed by atoms with Crippen LogP contribution in [-0.4, -0.2) is 42.1 Å². The van der Waals surface area contributed by atoms with E-state index in [1.54, 1.807) is 0 Å². The first-order valence-electron chi connectivity index (χ1n) is 8.35. The minimum atomic E-state index is 0.729. The van der Waals surface area contributed by atoms with Gasteiger partial charge in [0.15, 0.2) is 5.13 Å². The Morgan fingerprint density at radius 2 is 1.95 bits per heavy atom. The van der Waals surface area contributed by atoms with E-state index in [2.05, 4.69) is 43.9 Å². The number of hydrogen-bond acceptors (Lipinski definition) is 4. The first-order chi connectivity index (χ1) is 10.8. The molecule has 22 heavy (non-hydrogen) atoms. The fraction of sp³-hybridized carbons (Fsp3) is 0.588. The molecule has 1 aromatic carbocycles. The fourth-order valence-electron chi connectivity index (χ4n) is 3.73. The summed E-state index contributed by atoms with van der Waals surface area (Å²) in [5, 5.41) is 1.20. The summed E-state index contributed by atoms with van der Waals surface area (Å²) < 4.78 is 2.42. The average molecular weight is 380 g/mol. The summed E-state index contributed by atoms with van der Waals surface area (Å²) in [6.45, 7) is 4.91. The summed E-state index contributed by atoms with van der Waals surface area (Å²) in [7, 11) is 0. The minimum Gasteiger partial charge on any atom is -0.346 e. The molecule has 2 aliphatic rings. The van der Waals surface area contributed by atoms with Gasteiger partial charge in [0.25, 0.3) is 0 Å². The van der Waals surface area contributed by atoms with E-state index in [9.17, 15) is 0 Å². The second-order valence-electron chi connectivity index (χ2n) is 6.45. The molecule has 3 nitrogen and oxygen atoms in total. The zero-order valence-electron chi connectivity index (χ0n) is 12.8. The number of benzene rings is 1. The number of thiazole rings is 1. The van der Waals surface area contributed by atoms with Crippen molar-refractivity contribution >= 4 is 42.6 Å². The lowest BCUT2D eigenvalue weighted by Gasteiger charge is -2.40. The van der Waals surface area contributed by atoms with Crippen LogP contribution in [-0.2, 0) is 0 Å². The van der Waals surface area contributed by atoms with Gasteiger partial charge in [-0.05, 0) is 57.0 Å². The molecule has 5 heteroatoms. The van der Waals surface area contributed by atoms with Crippen LogP contribution in [0.1, 0.15) is 32.1 Å². The Kier molecular flexibility index (Phi) is 4.38. The molecule has 0 spiro atoms. The van der Waals surface area contributed by atoms with E-state index in [-0.39, 0.29) is 0 Å². The van der Waals surface area contributed by atoms with Gasteiger partial charge in [-0.3, -0.25) is 4.90 Å². The molecular formula is C17H22BrN3S. The van der Waals surface area contributed by atoms with Crippen molar-refractivity contribution in [3.63, 3.8) is 0 Å². The molecule has 0 aliphatic carbocycles. The van der Waals surface area contributed by atoms with Gasteiger partial charge in [-0.25, -0.2) is 4.98 Å². The Labute approximate surface area is 144 Å². The first kappa shape index (κ1) is 14.9. The smallest absolute Gasteiger partial charge is 0.186 e. The third-order valence-corrected chi connectivity index (χ3v) is 6.49. The third kappa shape index (κ3) is 3.03. The maximum atomic E-state index is 4.86. The molecule has 0 bridgehead atoms. The quantitative estimate of drug-likeness (QED) is 0.764. The lowest BCUT2D eigenvalue weighted by Crippen LogP contribution is -2.49. The molecule has 118 valence electrons. The maximum absolute atomic E-state index is 4.86. The number of anilines is 1. The summed E-state index contributed by atoms with van der Waals surface area (Å²) in [6, 6.07) is 7.11. The van der Waals surface area contributed by atoms with E-state index < -0.39 is 0 Å². The summed E-state index contributed by atoms with van der Waals surface area (Å²) in [4.78, 5) is 10.1. The van der Waals surface area contributed by atoms with Crippen LogP contribution < -0.4 is 4.90 Å². The summed E-state index contributed by atoms with van der Waals surface area (Å²) >= 11 is 5.39. The first-order valence-corrected chi connectivity index (χ1v) is 9.96. The highest BCUT2D eigenvalue weighted by Gasteiger charge is 2.27. The lowest BCUT2D eigenvalue weighted by molar-refractivity contribution is 0.147. The van der Waals surface area contributed by atoms with Gasteiger partial charge in [-0.15, -0.1) is 0 Å². The summed E-state index contributed by atoms with van der Waals surface area (Å²) in [6.07, 6.45) is 6.82. The number of hydrogen-bond donors (Lipinski definition) is 0. The second-order valence-corrected chi connectivity index (χ2v) is 8.37. The van der Waals surface area contributed by atoms with Crippen molar-refractivity contribution < 1.29 is 0 Å². The summed E-state index contributed by atoms with van der Waals surface area (Å²) in [5.74, 6) is 0. The number of rotatable bonds is 2. The molecule has 3 heterocycles. The third-order valence-electron chi connectivity index (χ3n) is 4.91. The number of fused-ring (bicyclic) bond motifs is 1. The molecule has 0 unspecified atom stereocenters. The van der Waals surface area contributed by atoms with Crippen molar-refractivity contribution in [2.45, 2.75) is 38.1 Å². The predicted octanol–water partition coefficient (Wildman–Crippen LogP) is 4.51. The Hall–Kier alpha value is -0.650. The van der Waals surface area contributed by atoms with Gasteiger partial charge >= 0.3 is 0 Å². The van der Waals surface area contributed by atoms with Crippen LogP contribution in [0.15, 0.2) is 22.7 Å². The van der Waals surface area contributed by atoms with Crippen LogP contribution in [0.25, 0.3) is 10.2 Å². The van der Waals surface area contributed by atoms with Crippen LogP contribution in [0.5, 0.6) is 0 Å². The molecule has 1 aromatic heterocycles. The van der Waals surface area contributed by atoms with Crippen LogP contribution in [0.2, 0.25) is 0 Å². The van der Waals surface area contributed by atoms with Crippen molar-refractivity contribution in [1.82, 2.24) is 9.88 Å². The van der Waals surface area contributed by atoms with Crippen LogP contribution >= 0.6 is 27.3 Å². The number of nitrogens with zero attached hydrogens (tertiary/aromatic N) is 3. The molecule has 0 N–H and O–H groups in total. The van der Waals surface area contributed by atoms with Crippen molar-refractivity contribution in [2.75, 3.05) is 31.1 Å². The Balaban J connectivity index is 1.52. The zero-order valence-corrected chi connectivity index (χ0v) is 15.2. The number of piperidine rings is 2. The largest absolute Gasteiger partial charge is 0.346 e. The molecule has 2 fully saturated rings. The monoisotopic (exact) mass is 379 g/mol. The van der Waals surface area contributed by atoms with E-state index in [1.165, 1.54) is 55.0 Å². The fourth-order valence-corrected chi connectivity index (χ4v) is 5.28.